The van der Waals surface area contributed by atoms with Crippen molar-refractivity contribution >= 4 is 11.6 Å². The van der Waals surface area contributed by atoms with Crippen molar-refractivity contribution in [3.63, 3.8) is 0 Å². The monoisotopic (exact) mass is 196 g/mol. The van der Waals surface area contributed by atoms with Gasteiger partial charge in [0.25, 0.3) is 0 Å². The molecule has 66 valence electrons. The van der Waals surface area contributed by atoms with Crippen molar-refractivity contribution in [2.45, 2.75) is 18.8 Å². The lowest BCUT2D eigenvalue weighted by Crippen LogP contribution is -1.94. The van der Waals surface area contributed by atoms with Gasteiger partial charge in [0.15, 0.2) is 11.0 Å². The van der Waals surface area contributed by atoms with Crippen molar-refractivity contribution in [1.82, 2.24) is 4.98 Å². The van der Waals surface area contributed by atoms with Crippen LogP contribution >= 0.6 is 11.6 Å². The van der Waals surface area contributed by atoms with Crippen LogP contribution in [0.5, 0.6) is 0 Å². The fourth-order valence-corrected chi connectivity index (χ4v) is 1.39. The van der Waals surface area contributed by atoms with E-state index in [4.69, 9.17) is 16.9 Å². The zero-order valence-electron chi connectivity index (χ0n) is 6.72. The number of hydrogen-bond donors (Lipinski definition) is 0. The predicted molar refractivity (Wildman–Crippen MR) is 45.9 cm³/mol. The molecular weight excluding hydrogens is 191 g/mol. The summed E-state index contributed by atoms with van der Waals surface area (Å²) in [4.78, 5) is 3.88. The molecule has 0 amide bonds. The Bertz CT molecular complexity index is 393. The van der Waals surface area contributed by atoms with Crippen molar-refractivity contribution < 1.29 is 4.39 Å². The molecule has 1 heterocycles. The Morgan fingerprint density at radius 3 is 2.85 bits per heavy atom. The Morgan fingerprint density at radius 1 is 1.62 bits per heavy atom. The first-order valence-electron chi connectivity index (χ1n) is 3.98. The molecule has 1 fully saturated rings. The predicted octanol–water partition coefficient (Wildman–Crippen LogP) is 2.62. The van der Waals surface area contributed by atoms with E-state index in [2.05, 4.69) is 4.98 Å². The Kier molecular flexibility index (Phi) is 1.93. The van der Waals surface area contributed by atoms with Gasteiger partial charge in [0.05, 0.1) is 5.56 Å². The van der Waals surface area contributed by atoms with Crippen LogP contribution in [0.3, 0.4) is 0 Å². The molecule has 1 aromatic heterocycles. The summed E-state index contributed by atoms with van der Waals surface area (Å²) in [5.74, 6) is -0.334. The van der Waals surface area contributed by atoms with E-state index in [9.17, 15) is 4.39 Å². The number of hydrogen-bond acceptors (Lipinski definition) is 2. The van der Waals surface area contributed by atoms with Gasteiger partial charge in [-0.2, -0.15) is 5.26 Å². The highest BCUT2D eigenvalue weighted by Crippen LogP contribution is 2.40. The van der Waals surface area contributed by atoms with Gasteiger partial charge >= 0.3 is 0 Å². The van der Waals surface area contributed by atoms with Crippen LogP contribution in [0.15, 0.2) is 6.07 Å². The van der Waals surface area contributed by atoms with Gasteiger partial charge in [-0.15, -0.1) is 0 Å². The molecule has 0 spiro atoms. The Balaban J connectivity index is 2.51. The van der Waals surface area contributed by atoms with E-state index in [0.29, 0.717) is 5.92 Å². The van der Waals surface area contributed by atoms with Crippen LogP contribution in [0.25, 0.3) is 0 Å². The van der Waals surface area contributed by atoms with Gasteiger partial charge in [0.2, 0.25) is 0 Å². The highest BCUT2D eigenvalue weighted by atomic mass is 35.5. The maximum atomic E-state index is 13.0. The van der Waals surface area contributed by atoms with Crippen molar-refractivity contribution in [3.8, 4) is 6.07 Å². The van der Waals surface area contributed by atoms with Crippen molar-refractivity contribution in [2.24, 2.45) is 0 Å². The summed E-state index contributed by atoms with van der Waals surface area (Å²) in [5.41, 5.74) is 0.727. The van der Waals surface area contributed by atoms with Gasteiger partial charge in [-0.1, -0.05) is 11.6 Å². The van der Waals surface area contributed by atoms with Crippen LogP contribution in [-0.4, -0.2) is 4.98 Å². The van der Waals surface area contributed by atoms with E-state index in [1.54, 1.807) is 6.07 Å². The first kappa shape index (κ1) is 8.46. The quantitative estimate of drug-likeness (QED) is 0.648. The van der Waals surface area contributed by atoms with E-state index in [1.807, 2.05) is 0 Å². The first-order chi connectivity index (χ1) is 6.22. The van der Waals surface area contributed by atoms with Gasteiger partial charge in [-0.3, -0.25) is 0 Å². The molecule has 0 atom stereocenters. The second kappa shape index (κ2) is 2.97. The van der Waals surface area contributed by atoms with Crippen LogP contribution in [0, 0.1) is 17.1 Å². The zero-order chi connectivity index (χ0) is 9.42. The minimum absolute atomic E-state index is 0.0121. The van der Waals surface area contributed by atoms with Gasteiger partial charge in [-0.25, -0.2) is 9.37 Å². The second-order valence-electron chi connectivity index (χ2n) is 3.09. The summed E-state index contributed by atoms with van der Waals surface area (Å²) < 4.78 is 13.0. The highest BCUT2D eigenvalue weighted by Gasteiger charge is 2.26. The second-order valence-corrected chi connectivity index (χ2v) is 3.44. The minimum atomic E-state index is -0.714. The molecule has 2 rings (SSSR count). The zero-order valence-corrected chi connectivity index (χ0v) is 7.48. The average Bonchev–Trinajstić information content (AvgIpc) is 2.92. The third kappa shape index (κ3) is 1.50. The summed E-state index contributed by atoms with van der Waals surface area (Å²) in [6.45, 7) is 0. The van der Waals surface area contributed by atoms with E-state index in [-0.39, 0.29) is 10.7 Å². The summed E-state index contributed by atoms with van der Waals surface area (Å²) in [6, 6.07) is 3.24. The Morgan fingerprint density at radius 2 is 2.31 bits per heavy atom. The molecule has 0 saturated heterocycles. The molecule has 2 nitrogen and oxygen atoms in total. The molecule has 13 heavy (non-hydrogen) atoms. The maximum Gasteiger partial charge on any atom is 0.178 e. The van der Waals surface area contributed by atoms with Gasteiger partial charge in [0, 0.05) is 11.6 Å². The number of nitriles is 1. The van der Waals surface area contributed by atoms with Crippen molar-refractivity contribution in [2.75, 3.05) is 0 Å². The maximum absolute atomic E-state index is 13.0. The SMILES string of the molecule is N#Cc1cc(C2CC2)nc(Cl)c1F. The van der Waals surface area contributed by atoms with Crippen LogP contribution in [0.1, 0.15) is 30.0 Å². The van der Waals surface area contributed by atoms with Crippen LogP contribution in [0.2, 0.25) is 5.15 Å². The third-order valence-corrected chi connectivity index (χ3v) is 2.30. The molecule has 0 bridgehead atoms. The number of halogens is 2. The number of rotatable bonds is 1. The smallest absolute Gasteiger partial charge is 0.178 e. The summed E-state index contributed by atoms with van der Waals surface area (Å²) in [5, 5.41) is 8.40. The highest BCUT2D eigenvalue weighted by molar-refractivity contribution is 6.29. The van der Waals surface area contributed by atoms with Gasteiger partial charge in [0.1, 0.15) is 6.07 Å². The van der Waals surface area contributed by atoms with Crippen molar-refractivity contribution in [1.29, 1.82) is 5.26 Å². The fraction of sp³-hybridized carbons (Fsp3) is 0.333. The number of nitrogens with zero attached hydrogens (tertiary/aromatic N) is 2. The molecule has 1 aromatic rings. The molecule has 0 aromatic carbocycles. The standard InChI is InChI=1S/C9H6ClFN2/c10-9-8(11)6(4-12)3-7(13-9)5-1-2-5/h3,5H,1-2H2. The average molecular weight is 197 g/mol. The molecule has 0 aliphatic heterocycles. The Hall–Kier alpha value is -1.14. The molecule has 1 aliphatic rings. The lowest BCUT2D eigenvalue weighted by atomic mass is 10.2. The van der Waals surface area contributed by atoms with Crippen LogP contribution in [0.4, 0.5) is 4.39 Å². The van der Waals surface area contributed by atoms with Crippen LogP contribution in [-0.2, 0) is 0 Å². The lowest BCUT2D eigenvalue weighted by molar-refractivity contribution is 0.615. The van der Waals surface area contributed by atoms with E-state index in [1.165, 1.54) is 6.07 Å². The summed E-state index contributed by atoms with van der Waals surface area (Å²) in [6.07, 6.45) is 2.11. The van der Waals surface area contributed by atoms with E-state index >= 15 is 0 Å². The summed E-state index contributed by atoms with van der Waals surface area (Å²) >= 11 is 5.53. The molecule has 0 N–H and O–H groups in total. The summed E-state index contributed by atoms with van der Waals surface area (Å²) in [7, 11) is 0. The van der Waals surface area contributed by atoms with Crippen molar-refractivity contribution in [3.05, 3.63) is 28.3 Å². The largest absolute Gasteiger partial charge is 0.238 e. The fourth-order valence-electron chi connectivity index (χ4n) is 1.19. The topological polar surface area (TPSA) is 36.7 Å². The molecule has 0 unspecified atom stereocenters. The Labute approximate surface area is 80.0 Å². The van der Waals surface area contributed by atoms with Gasteiger partial charge < -0.3 is 0 Å². The van der Waals surface area contributed by atoms with Crippen LogP contribution < -0.4 is 0 Å². The molecular formula is C9H6ClFN2. The first-order valence-corrected chi connectivity index (χ1v) is 4.36. The molecule has 1 aliphatic carbocycles. The minimum Gasteiger partial charge on any atom is -0.238 e. The third-order valence-electron chi connectivity index (χ3n) is 2.05. The number of pyridine rings is 1. The van der Waals surface area contributed by atoms with E-state index in [0.717, 1.165) is 18.5 Å². The molecule has 0 radical (unpaired) electrons. The molecule has 1 saturated carbocycles. The normalized spacial score (nSPS) is 15.5. The van der Waals surface area contributed by atoms with E-state index < -0.39 is 5.82 Å². The lowest BCUT2D eigenvalue weighted by Gasteiger charge is -2.00. The molecule has 4 heteroatoms. The van der Waals surface area contributed by atoms with Gasteiger partial charge in [-0.05, 0) is 18.9 Å². The number of aromatic nitrogens is 1.